The second-order valence-corrected chi connectivity index (χ2v) is 6.48. The number of carbonyl (C=O) groups is 1. The zero-order chi connectivity index (χ0) is 20.3. The van der Waals surface area contributed by atoms with Gasteiger partial charge in [0.2, 0.25) is 5.60 Å². The number of hydrogen-bond donors (Lipinski definition) is 3. The van der Waals surface area contributed by atoms with Gasteiger partial charge < -0.3 is 16.2 Å². The molecule has 4 rings (SSSR count). The molecule has 0 radical (unpaired) electrons. The summed E-state index contributed by atoms with van der Waals surface area (Å²) in [7, 11) is 0. The second kappa shape index (κ2) is 5.83. The lowest BCUT2D eigenvalue weighted by molar-refractivity contribution is -0.137. The molecule has 1 amide bonds. The Hall–Kier alpha value is -3.33. The highest BCUT2D eigenvalue weighted by atomic mass is 19.4. The fourth-order valence-electron chi connectivity index (χ4n) is 3.56. The summed E-state index contributed by atoms with van der Waals surface area (Å²) < 4.78 is 41.1. The van der Waals surface area contributed by atoms with E-state index in [1.807, 2.05) is 0 Å². The third-order valence-electron chi connectivity index (χ3n) is 4.79. The number of alkyl halides is 3. The van der Waals surface area contributed by atoms with Gasteiger partial charge in [-0.15, -0.1) is 0 Å². The number of aliphatic hydroxyl groups is 1. The van der Waals surface area contributed by atoms with Gasteiger partial charge in [-0.05, 0) is 25.1 Å². The monoisotopic (exact) mass is 388 g/mol. The molecule has 144 valence electrons. The summed E-state index contributed by atoms with van der Waals surface area (Å²) in [6.07, 6.45) is -4.63. The van der Waals surface area contributed by atoms with E-state index >= 15 is 0 Å². The minimum atomic E-state index is -4.63. The van der Waals surface area contributed by atoms with E-state index in [-0.39, 0.29) is 28.3 Å². The fourth-order valence-corrected chi connectivity index (χ4v) is 3.56. The molecule has 1 atom stereocenters. The molecule has 1 aliphatic heterocycles. The number of nitrogens with zero attached hydrogens (tertiary/aromatic N) is 2. The molecular formula is C19H15F3N4O2. The van der Waals surface area contributed by atoms with Gasteiger partial charge in [0.1, 0.15) is 5.82 Å². The van der Waals surface area contributed by atoms with Crippen molar-refractivity contribution >= 4 is 17.4 Å². The van der Waals surface area contributed by atoms with Crippen LogP contribution < -0.4 is 11.1 Å². The average Bonchev–Trinajstić information content (AvgIpc) is 3.08. The third-order valence-corrected chi connectivity index (χ3v) is 4.79. The molecule has 0 spiro atoms. The molecule has 2 aromatic carbocycles. The van der Waals surface area contributed by atoms with Crippen molar-refractivity contribution in [3.63, 3.8) is 0 Å². The number of nitrogens with one attached hydrogen (secondary N) is 1. The molecule has 0 saturated carbocycles. The molecule has 9 heteroatoms. The first-order chi connectivity index (χ1) is 13.2. The number of anilines is 2. The van der Waals surface area contributed by atoms with Gasteiger partial charge in [0.25, 0.3) is 5.91 Å². The van der Waals surface area contributed by atoms with E-state index in [2.05, 4.69) is 10.4 Å². The van der Waals surface area contributed by atoms with E-state index in [4.69, 9.17) is 5.73 Å². The number of nitrogens with two attached hydrogens (primary N) is 1. The largest absolute Gasteiger partial charge is 0.418 e. The van der Waals surface area contributed by atoms with Crippen molar-refractivity contribution in [3.05, 3.63) is 70.9 Å². The van der Waals surface area contributed by atoms with E-state index in [0.717, 1.165) is 10.7 Å². The van der Waals surface area contributed by atoms with Crippen LogP contribution in [0.1, 0.15) is 22.4 Å². The third kappa shape index (κ3) is 2.40. The summed E-state index contributed by atoms with van der Waals surface area (Å²) in [6.45, 7) is 1.48. The number of fused-ring (bicyclic) bond motifs is 1. The van der Waals surface area contributed by atoms with Crippen LogP contribution in [0.4, 0.5) is 24.7 Å². The van der Waals surface area contributed by atoms with E-state index in [1.54, 1.807) is 24.3 Å². The molecule has 4 N–H and O–H groups in total. The van der Waals surface area contributed by atoms with Crippen molar-refractivity contribution < 1.29 is 23.1 Å². The van der Waals surface area contributed by atoms with E-state index < -0.39 is 23.2 Å². The normalized spacial score (nSPS) is 18.8. The summed E-state index contributed by atoms with van der Waals surface area (Å²) >= 11 is 0. The lowest BCUT2D eigenvalue weighted by Crippen LogP contribution is -2.36. The molecule has 1 aliphatic rings. The first-order valence-corrected chi connectivity index (χ1v) is 8.31. The summed E-state index contributed by atoms with van der Waals surface area (Å²) in [6, 6.07) is 11.3. The lowest BCUT2D eigenvalue weighted by Gasteiger charge is -2.21. The highest BCUT2D eigenvalue weighted by Gasteiger charge is 2.50. The Morgan fingerprint density at radius 3 is 2.50 bits per heavy atom. The maximum Gasteiger partial charge on any atom is 0.418 e. The number of para-hydroxylation sites is 2. The van der Waals surface area contributed by atoms with Crippen molar-refractivity contribution in [3.8, 4) is 5.69 Å². The fraction of sp³-hybridized carbons (Fsp3) is 0.158. The SMILES string of the molecule is Cc1nn(-c2ccccc2C(F)(F)F)c(N)c1[C@]1(O)C(=O)Nc2ccccc21. The van der Waals surface area contributed by atoms with Crippen LogP contribution in [-0.4, -0.2) is 20.8 Å². The van der Waals surface area contributed by atoms with Gasteiger partial charge in [0.15, 0.2) is 0 Å². The lowest BCUT2D eigenvalue weighted by atomic mass is 9.87. The Kier molecular flexibility index (Phi) is 3.76. The van der Waals surface area contributed by atoms with Crippen LogP contribution in [0.2, 0.25) is 0 Å². The van der Waals surface area contributed by atoms with Gasteiger partial charge in [-0.3, -0.25) is 4.79 Å². The van der Waals surface area contributed by atoms with Crippen molar-refractivity contribution in [2.45, 2.75) is 18.7 Å². The van der Waals surface area contributed by atoms with Crippen molar-refractivity contribution in [1.82, 2.24) is 9.78 Å². The molecule has 0 aliphatic carbocycles. The van der Waals surface area contributed by atoms with Crippen LogP contribution in [0.3, 0.4) is 0 Å². The van der Waals surface area contributed by atoms with Crippen molar-refractivity contribution in [2.24, 2.45) is 0 Å². The quantitative estimate of drug-likeness (QED) is 0.629. The molecule has 0 unspecified atom stereocenters. The Balaban J connectivity index is 1.96. The number of nitrogen functional groups attached to an aromatic ring is 1. The number of halogens is 3. The molecular weight excluding hydrogens is 373 g/mol. The number of benzene rings is 2. The molecule has 28 heavy (non-hydrogen) atoms. The first-order valence-electron chi connectivity index (χ1n) is 8.31. The molecule has 3 aromatic rings. The number of aromatic nitrogens is 2. The van der Waals surface area contributed by atoms with E-state index in [1.165, 1.54) is 25.1 Å². The van der Waals surface area contributed by atoms with Crippen LogP contribution in [0.15, 0.2) is 48.5 Å². The molecule has 6 nitrogen and oxygen atoms in total. The molecule has 1 aromatic heterocycles. The second-order valence-electron chi connectivity index (χ2n) is 6.48. The zero-order valence-corrected chi connectivity index (χ0v) is 14.6. The van der Waals surface area contributed by atoms with Gasteiger partial charge in [0.05, 0.1) is 22.5 Å². The number of hydrogen-bond acceptors (Lipinski definition) is 4. The average molecular weight is 388 g/mol. The van der Waals surface area contributed by atoms with Crippen molar-refractivity contribution in [2.75, 3.05) is 11.1 Å². The smallest absolute Gasteiger partial charge is 0.383 e. The zero-order valence-electron chi connectivity index (χ0n) is 14.6. The number of aryl methyl sites for hydroxylation is 1. The molecule has 2 heterocycles. The van der Waals surface area contributed by atoms with Gasteiger partial charge in [-0.1, -0.05) is 30.3 Å². The van der Waals surface area contributed by atoms with Crippen molar-refractivity contribution in [1.29, 1.82) is 0 Å². The van der Waals surface area contributed by atoms with Gasteiger partial charge in [-0.25, -0.2) is 4.68 Å². The Morgan fingerprint density at radius 1 is 1.14 bits per heavy atom. The van der Waals surface area contributed by atoms with E-state index in [9.17, 15) is 23.1 Å². The highest BCUT2D eigenvalue weighted by Crippen LogP contribution is 2.45. The number of carbonyl (C=O) groups excluding carboxylic acids is 1. The maximum atomic E-state index is 13.4. The predicted molar refractivity (Wildman–Crippen MR) is 95.8 cm³/mol. The first kappa shape index (κ1) is 18.1. The summed E-state index contributed by atoms with van der Waals surface area (Å²) in [5, 5.41) is 17.9. The van der Waals surface area contributed by atoms with Crippen LogP contribution in [0, 0.1) is 6.92 Å². The maximum absolute atomic E-state index is 13.4. The standard InChI is InChI=1S/C19H15F3N4O2/c1-10-15(18(28)11-6-2-4-8-13(11)24-17(18)27)16(23)26(25-10)14-9-5-3-7-12(14)19(20,21)22/h2-9,28H,23H2,1H3,(H,24,27)/t18-/m0/s1. The van der Waals surface area contributed by atoms with Crippen LogP contribution >= 0.6 is 0 Å². The summed E-state index contributed by atoms with van der Waals surface area (Å²) in [5.41, 5.74) is 3.50. The van der Waals surface area contributed by atoms with Gasteiger partial charge in [-0.2, -0.15) is 18.3 Å². The molecule has 0 fully saturated rings. The van der Waals surface area contributed by atoms with Crippen LogP contribution in [-0.2, 0) is 16.6 Å². The Labute approximate surface area is 157 Å². The van der Waals surface area contributed by atoms with Crippen LogP contribution in [0.25, 0.3) is 5.69 Å². The number of rotatable bonds is 2. The predicted octanol–water partition coefficient (Wildman–Crippen LogP) is 2.97. The van der Waals surface area contributed by atoms with Gasteiger partial charge >= 0.3 is 6.18 Å². The van der Waals surface area contributed by atoms with E-state index in [0.29, 0.717) is 5.69 Å². The summed E-state index contributed by atoms with van der Waals surface area (Å²) in [5.74, 6) is -0.990. The number of amides is 1. The minimum Gasteiger partial charge on any atom is -0.383 e. The Bertz CT molecular complexity index is 1110. The molecule has 0 bridgehead atoms. The minimum absolute atomic E-state index is 0.0491. The highest BCUT2D eigenvalue weighted by molar-refractivity contribution is 6.08. The van der Waals surface area contributed by atoms with Gasteiger partial charge in [0, 0.05) is 11.3 Å². The Morgan fingerprint density at radius 2 is 1.79 bits per heavy atom. The van der Waals surface area contributed by atoms with Crippen LogP contribution in [0.5, 0.6) is 0 Å². The molecule has 0 saturated heterocycles. The summed E-state index contributed by atoms with van der Waals surface area (Å²) in [4.78, 5) is 12.6. The topological polar surface area (TPSA) is 93.2 Å².